The summed E-state index contributed by atoms with van der Waals surface area (Å²) in [5.74, 6) is 0.440. The highest BCUT2D eigenvalue weighted by atomic mass is 16.5. The van der Waals surface area contributed by atoms with Gasteiger partial charge in [-0.1, -0.05) is 36.4 Å². The van der Waals surface area contributed by atoms with E-state index in [1.165, 1.54) is 0 Å². The van der Waals surface area contributed by atoms with E-state index in [0.717, 1.165) is 22.6 Å². The minimum atomic E-state index is -0.309. The average Bonchev–Trinajstić information content (AvgIpc) is 2.74. The number of carbonyl (C=O) groups excluding carboxylic acids is 2. The van der Waals surface area contributed by atoms with Crippen molar-refractivity contribution >= 4 is 11.6 Å². The Bertz CT molecular complexity index is 762. The molecule has 0 spiro atoms. The van der Waals surface area contributed by atoms with Crippen molar-refractivity contribution < 1.29 is 19.1 Å². The molecule has 0 radical (unpaired) electrons. The van der Waals surface area contributed by atoms with Crippen LogP contribution in [0.25, 0.3) is 0 Å². The van der Waals surface area contributed by atoms with Crippen LogP contribution in [0.2, 0.25) is 0 Å². The van der Waals surface area contributed by atoms with Crippen LogP contribution in [0.4, 0.5) is 0 Å². The first-order chi connectivity index (χ1) is 13.6. The first-order valence-corrected chi connectivity index (χ1v) is 9.59. The third-order valence-corrected chi connectivity index (χ3v) is 5.27. The maximum absolute atomic E-state index is 12.9. The van der Waals surface area contributed by atoms with E-state index in [9.17, 15) is 9.59 Å². The van der Waals surface area contributed by atoms with Crippen molar-refractivity contribution in [2.24, 2.45) is 11.8 Å². The largest absolute Gasteiger partial charge is 0.497 e. The summed E-state index contributed by atoms with van der Waals surface area (Å²) in [6, 6.07) is 15.3. The second kappa shape index (κ2) is 9.36. The lowest BCUT2D eigenvalue weighted by Crippen LogP contribution is -2.32. The molecule has 4 heteroatoms. The van der Waals surface area contributed by atoms with E-state index in [1.54, 1.807) is 14.2 Å². The molecule has 146 valence electrons. The van der Waals surface area contributed by atoms with Gasteiger partial charge in [-0.25, -0.2) is 0 Å². The lowest BCUT2D eigenvalue weighted by molar-refractivity contribution is -0.141. The Kier molecular flexibility index (Phi) is 6.64. The molecule has 0 saturated carbocycles. The summed E-state index contributed by atoms with van der Waals surface area (Å²) in [5, 5.41) is 0. The maximum Gasteiger partial charge on any atom is 0.202 e. The molecule has 0 aliphatic heterocycles. The maximum atomic E-state index is 12.9. The number of allylic oxidation sites excluding steroid dienone is 2. The summed E-state index contributed by atoms with van der Waals surface area (Å²) >= 11 is 0. The monoisotopic (exact) mass is 378 g/mol. The Labute approximate surface area is 166 Å². The van der Waals surface area contributed by atoms with Gasteiger partial charge in [-0.15, -0.1) is 0 Å². The van der Waals surface area contributed by atoms with E-state index in [0.29, 0.717) is 25.7 Å². The normalized spacial score (nSPS) is 20.9. The van der Waals surface area contributed by atoms with Crippen molar-refractivity contribution in [2.45, 2.75) is 25.7 Å². The van der Waals surface area contributed by atoms with E-state index in [1.807, 2.05) is 60.7 Å². The quantitative estimate of drug-likeness (QED) is 0.558. The second-order valence-electron chi connectivity index (χ2n) is 7.17. The Balaban J connectivity index is 1.71. The van der Waals surface area contributed by atoms with E-state index >= 15 is 0 Å². The first kappa shape index (κ1) is 19.9. The fourth-order valence-corrected chi connectivity index (χ4v) is 3.58. The number of ketones is 2. The van der Waals surface area contributed by atoms with Crippen LogP contribution < -0.4 is 9.47 Å². The standard InChI is InChI=1S/C24H26O4/c1-27-21-11-7-17(8-12-21)15-19-5-3-4-6-20(24(26)23(19)25)16-18-9-13-22(28-2)14-10-18/h3-4,7-14,19-20H,5-6,15-16H2,1-2H3/b4-3-. The van der Waals surface area contributed by atoms with Crippen molar-refractivity contribution in [1.82, 2.24) is 0 Å². The second-order valence-corrected chi connectivity index (χ2v) is 7.17. The molecule has 2 aromatic carbocycles. The predicted molar refractivity (Wildman–Crippen MR) is 109 cm³/mol. The third kappa shape index (κ3) is 4.89. The molecule has 4 nitrogen and oxygen atoms in total. The molecule has 0 heterocycles. The molecule has 3 rings (SSSR count). The highest BCUT2D eigenvalue weighted by Gasteiger charge is 2.31. The number of carbonyl (C=O) groups is 2. The minimum Gasteiger partial charge on any atom is -0.497 e. The fourth-order valence-electron chi connectivity index (χ4n) is 3.58. The summed E-state index contributed by atoms with van der Waals surface area (Å²) in [6.07, 6.45) is 6.42. The zero-order chi connectivity index (χ0) is 19.9. The van der Waals surface area contributed by atoms with Gasteiger partial charge in [0.25, 0.3) is 0 Å². The van der Waals surface area contributed by atoms with Crippen LogP contribution in [0.1, 0.15) is 24.0 Å². The van der Waals surface area contributed by atoms with Gasteiger partial charge in [0.15, 0.2) is 0 Å². The van der Waals surface area contributed by atoms with Crippen LogP contribution in [-0.2, 0) is 22.4 Å². The summed E-state index contributed by atoms with van der Waals surface area (Å²) in [6.45, 7) is 0. The number of hydrogen-bond acceptors (Lipinski definition) is 4. The molecule has 0 saturated heterocycles. The van der Waals surface area contributed by atoms with Crippen molar-refractivity contribution in [1.29, 1.82) is 0 Å². The van der Waals surface area contributed by atoms with Crippen molar-refractivity contribution in [3.05, 3.63) is 71.8 Å². The van der Waals surface area contributed by atoms with Gasteiger partial charge in [0, 0.05) is 11.8 Å². The lowest BCUT2D eigenvalue weighted by Gasteiger charge is -2.21. The summed E-state index contributed by atoms with van der Waals surface area (Å²) in [5.41, 5.74) is 2.07. The molecule has 2 unspecified atom stereocenters. The van der Waals surface area contributed by atoms with E-state index < -0.39 is 0 Å². The first-order valence-electron chi connectivity index (χ1n) is 9.59. The van der Waals surface area contributed by atoms with Gasteiger partial charge in [-0.3, -0.25) is 9.59 Å². The van der Waals surface area contributed by atoms with E-state index in [2.05, 4.69) is 0 Å². The molecular formula is C24H26O4. The number of methoxy groups -OCH3 is 2. The topological polar surface area (TPSA) is 52.6 Å². The van der Waals surface area contributed by atoms with Crippen molar-refractivity contribution in [3.8, 4) is 11.5 Å². The minimum absolute atomic E-state index is 0.251. The number of hydrogen-bond donors (Lipinski definition) is 0. The molecule has 0 N–H and O–H groups in total. The Morgan fingerprint density at radius 3 is 1.36 bits per heavy atom. The molecular weight excluding hydrogens is 352 g/mol. The van der Waals surface area contributed by atoms with Crippen LogP contribution in [0.5, 0.6) is 11.5 Å². The van der Waals surface area contributed by atoms with E-state index in [4.69, 9.17) is 9.47 Å². The molecule has 0 aromatic heterocycles. The van der Waals surface area contributed by atoms with Crippen LogP contribution in [0, 0.1) is 11.8 Å². The van der Waals surface area contributed by atoms with Crippen LogP contribution >= 0.6 is 0 Å². The molecule has 0 fully saturated rings. The summed E-state index contributed by atoms with van der Waals surface area (Å²) < 4.78 is 10.4. The van der Waals surface area contributed by atoms with Crippen LogP contribution in [0.15, 0.2) is 60.7 Å². The Hall–Kier alpha value is -2.88. The fraction of sp³-hybridized carbons (Fsp3) is 0.333. The van der Waals surface area contributed by atoms with Gasteiger partial charge in [-0.2, -0.15) is 0 Å². The highest BCUT2D eigenvalue weighted by molar-refractivity contribution is 6.38. The molecule has 28 heavy (non-hydrogen) atoms. The molecule has 0 amide bonds. The van der Waals surface area contributed by atoms with Gasteiger partial charge in [0.05, 0.1) is 14.2 Å². The predicted octanol–water partition coefficient (Wildman–Crippen LogP) is 4.21. The van der Waals surface area contributed by atoms with Gasteiger partial charge in [0.1, 0.15) is 11.5 Å². The third-order valence-electron chi connectivity index (χ3n) is 5.27. The molecule has 2 aromatic rings. The number of rotatable bonds is 6. The number of benzene rings is 2. The lowest BCUT2D eigenvalue weighted by atomic mass is 9.81. The summed E-state index contributed by atoms with van der Waals surface area (Å²) in [7, 11) is 3.25. The zero-order valence-electron chi connectivity index (χ0n) is 16.4. The Morgan fingerprint density at radius 2 is 1.04 bits per heavy atom. The van der Waals surface area contributed by atoms with Crippen LogP contribution in [-0.4, -0.2) is 25.8 Å². The van der Waals surface area contributed by atoms with E-state index in [-0.39, 0.29) is 23.4 Å². The highest BCUT2D eigenvalue weighted by Crippen LogP contribution is 2.25. The van der Waals surface area contributed by atoms with Gasteiger partial charge in [0.2, 0.25) is 11.6 Å². The Morgan fingerprint density at radius 1 is 0.679 bits per heavy atom. The van der Waals surface area contributed by atoms with Gasteiger partial charge in [-0.05, 0) is 61.1 Å². The number of ether oxygens (including phenoxy) is 2. The van der Waals surface area contributed by atoms with Gasteiger partial charge >= 0.3 is 0 Å². The van der Waals surface area contributed by atoms with Gasteiger partial charge < -0.3 is 9.47 Å². The summed E-state index contributed by atoms with van der Waals surface area (Å²) in [4.78, 5) is 25.8. The molecule has 2 atom stereocenters. The zero-order valence-corrected chi connectivity index (χ0v) is 16.4. The SMILES string of the molecule is COc1ccc(CC2C/C=C\CC(Cc3ccc(OC)cc3)C(=O)C2=O)cc1. The molecule has 1 aliphatic rings. The average molecular weight is 378 g/mol. The smallest absolute Gasteiger partial charge is 0.202 e. The molecule has 0 bridgehead atoms. The molecule has 1 aliphatic carbocycles. The van der Waals surface area contributed by atoms with Crippen LogP contribution in [0.3, 0.4) is 0 Å². The van der Waals surface area contributed by atoms with Crippen molar-refractivity contribution in [3.63, 3.8) is 0 Å². The number of Topliss-reactive ketones (excluding diaryl/α,β-unsaturated/α-hetero) is 2. The van der Waals surface area contributed by atoms with Crippen molar-refractivity contribution in [2.75, 3.05) is 14.2 Å².